The topological polar surface area (TPSA) is 134 Å². The molecule has 2 rings (SSSR count). The molecule has 0 spiro atoms. The van der Waals surface area contributed by atoms with Gasteiger partial charge in [-0.25, -0.2) is 9.78 Å². The molecule has 132 valence electrons. The van der Waals surface area contributed by atoms with Gasteiger partial charge in [-0.05, 0) is 6.07 Å². The minimum Gasteiger partial charge on any atom is -0.476 e. The smallest absolute Gasteiger partial charge is 0.355 e. The Hall–Kier alpha value is -3.01. The second-order valence-electron chi connectivity index (χ2n) is 4.98. The molecule has 1 aromatic heterocycles. The molecule has 0 radical (unpaired) electrons. The van der Waals surface area contributed by atoms with E-state index < -0.39 is 10.9 Å². The fourth-order valence-corrected chi connectivity index (χ4v) is 2.79. The number of nitrogens with one attached hydrogen (secondary N) is 2. The van der Waals surface area contributed by atoms with E-state index in [9.17, 15) is 19.7 Å². The molecule has 0 bridgehead atoms. The minimum atomic E-state index is -1.08. The van der Waals surface area contributed by atoms with Gasteiger partial charge in [-0.3, -0.25) is 14.9 Å². The van der Waals surface area contributed by atoms with Crippen molar-refractivity contribution in [1.29, 1.82) is 0 Å². The van der Waals surface area contributed by atoms with Gasteiger partial charge in [-0.15, -0.1) is 11.3 Å². The zero-order valence-corrected chi connectivity index (χ0v) is 13.9. The highest BCUT2D eigenvalue weighted by atomic mass is 32.1. The predicted molar refractivity (Wildman–Crippen MR) is 92.0 cm³/mol. The molecule has 3 N–H and O–H groups in total. The minimum absolute atomic E-state index is 0.0000167. The number of para-hydroxylation sites is 2. The van der Waals surface area contributed by atoms with Crippen LogP contribution in [0.3, 0.4) is 0 Å². The average molecular weight is 364 g/mol. The fraction of sp³-hybridized carbons (Fsp3) is 0.267. The van der Waals surface area contributed by atoms with E-state index in [2.05, 4.69) is 15.6 Å². The molecule has 9 nitrogen and oxygen atoms in total. The molecule has 0 unspecified atom stereocenters. The number of aromatic carboxylic acids is 1. The molecule has 0 fully saturated rings. The molecule has 2 aromatic rings. The van der Waals surface area contributed by atoms with E-state index in [1.54, 1.807) is 18.2 Å². The van der Waals surface area contributed by atoms with Gasteiger partial charge in [0.2, 0.25) is 5.91 Å². The molecule has 10 heteroatoms. The van der Waals surface area contributed by atoms with Crippen molar-refractivity contribution in [3.05, 3.63) is 50.5 Å². The molecule has 0 saturated carbocycles. The van der Waals surface area contributed by atoms with Gasteiger partial charge >= 0.3 is 5.97 Å². The Bertz CT molecular complexity index is 777. The lowest BCUT2D eigenvalue weighted by Crippen LogP contribution is -2.27. The van der Waals surface area contributed by atoms with Crippen molar-refractivity contribution in [2.24, 2.45) is 0 Å². The summed E-state index contributed by atoms with van der Waals surface area (Å²) in [5.41, 5.74) is 0.324. The first-order valence-corrected chi connectivity index (χ1v) is 8.27. The summed E-state index contributed by atoms with van der Waals surface area (Å²) < 4.78 is 0. The molecule has 25 heavy (non-hydrogen) atoms. The third kappa shape index (κ3) is 5.53. The van der Waals surface area contributed by atoms with Gasteiger partial charge in [0.1, 0.15) is 5.69 Å². The lowest BCUT2D eigenvalue weighted by molar-refractivity contribution is -0.384. The number of benzene rings is 1. The van der Waals surface area contributed by atoms with Crippen molar-refractivity contribution in [3.8, 4) is 0 Å². The van der Waals surface area contributed by atoms with Crippen LogP contribution in [0.15, 0.2) is 29.6 Å². The van der Waals surface area contributed by atoms with Crippen LogP contribution in [-0.4, -0.2) is 40.0 Å². The quantitative estimate of drug-likeness (QED) is 0.457. The summed E-state index contributed by atoms with van der Waals surface area (Å²) in [5.74, 6) is -1.28. The third-order valence-electron chi connectivity index (χ3n) is 3.20. The summed E-state index contributed by atoms with van der Waals surface area (Å²) in [6.07, 6.45) is 0.603. The Morgan fingerprint density at radius 3 is 2.72 bits per heavy atom. The first-order valence-electron chi connectivity index (χ1n) is 7.39. The van der Waals surface area contributed by atoms with Crippen molar-refractivity contribution in [2.45, 2.75) is 12.8 Å². The van der Waals surface area contributed by atoms with Gasteiger partial charge < -0.3 is 15.7 Å². The lowest BCUT2D eigenvalue weighted by Gasteiger charge is -2.07. The van der Waals surface area contributed by atoms with Crippen LogP contribution in [0.25, 0.3) is 0 Å². The number of hydrogen-bond acceptors (Lipinski definition) is 7. The zero-order chi connectivity index (χ0) is 18.2. The van der Waals surface area contributed by atoms with Crippen molar-refractivity contribution < 1.29 is 19.6 Å². The van der Waals surface area contributed by atoms with Crippen molar-refractivity contribution in [3.63, 3.8) is 0 Å². The van der Waals surface area contributed by atoms with Gasteiger partial charge in [-0.1, -0.05) is 12.1 Å². The molecule has 1 heterocycles. The van der Waals surface area contributed by atoms with Crippen LogP contribution in [0, 0.1) is 10.1 Å². The van der Waals surface area contributed by atoms with E-state index in [1.807, 2.05) is 0 Å². The van der Waals surface area contributed by atoms with Crippen LogP contribution in [0.1, 0.15) is 21.9 Å². The summed E-state index contributed by atoms with van der Waals surface area (Å²) in [6, 6.07) is 6.22. The number of carbonyl (C=O) groups is 2. The van der Waals surface area contributed by atoms with E-state index in [-0.39, 0.29) is 30.3 Å². The third-order valence-corrected chi connectivity index (χ3v) is 4.11. The molecular formula is C15H16N4O5S. The van der Waals surface area contributed by atoms with Crippen LogP contribution in [0.4, 0.5) is 11.4 Å². The van der Waals surface area contributed by atoms with Crippen LogP contribution < -0.4 is 10.6 Å². The molecule has 0 aliphatic heterocycles. The van der Waals surface area contributed by atoms with Crippen molar-refractivity contribution >= 4 is 34.6 Å². The summed E-state index contributed by atoms with van der Waals surface area (Å²) in [7, 11) is 0. The van der Waals surface area contributed by atoms with E-state index in [0.717, 1.165) is 0 Å². The number of carboxylic acids is 1. The van der Waals surface area contributed by atoms with Gasteiger partial charge in [0.25, 0.3) is 5.69 Å². The fourth-order valence-electron chi connectivity index (χ4n) is 2.01. The number of thiazole rings is 1. The summed E-state index contributed by atoms with van der Waals surface area (Å²) in [4.78, 5) is 36.8. The highest BCUT2D eigenvalue weighted by Gasteiger charge is 2.12. The summed E-state index contributed by atoms with van der Waals surface area (Å²) in [6.45, 7) is 0.605. The molecule has 0 aliphatic carbocycles. The largest absolute Gasteiger partial charge is 0.476 e. The summed E-state index contributed by atoms with van der Waals surface area (Å²) >= 11 is 1.23. The monoisotopic (exact) mass is 364 g/mol. The van der Waals surface area contributed by atoms with E-state index >= 15 is 0 Å². The number of nitro benzene ring substituents is 1. The number of amides is 1. The van der Waals surface area contributed by atoms with Gasteiger partial charge in [0, 0.05) is 37.4 Å². The number of aromatic nitrogens is 1. The maximum absolute atomic E-state index is 11.8. The SMILES string of the molecule is O=C(CCNc1ccccc1[N+](=O)[O-])NCCc1nc(C(=O)O)cs1. The van der Waals surface area contributed by atoms with Crippen molar-refractivity contribution in [1.82, 2.24) is 10.3 Å². The van der Waals surface area contributed by atoms with Crippen LogP contribution >= 0.6 is 11.3 Å². The summed E-state index contributed by atoms with van der Waals surface area (Å²) in [5, 5.41) is 27.3. The van der Waals surface area contributed by atoms with Crippen molar-refractivity contribution in [2.75, 3.05) is 18.4 Å². The lowest BCUT2D eigenvalue weighted by atomic mass is 10.2. The molecule has 1 amide bonds. The van der Waals surface area contributed by atoms with Gasteiger partial charge in [0.05, 0.1) is 9.93 Å². The number of nitro groups is 1. The zero-order valence-electron chi connectivity index (χ0n) is 13.1. The molecule has 0 saturated heterocycles. The first-order chi connectivity index (χ1) is 12.0. The predicted octanol–water partition coefficient (Wildman–Crippen LogP) is 1.91. The molecule has 1 aromatic carbocycles. The van der Waals surface area contributed by atoms with Crippen LogP contribution in [0.5, 0.6) is 0 Å². The Balaban J connectivity index is 1.70. The Labute approximate surface area is 146 Å². The van der Waals surface area contributed by atoms with E-state index in [1.165, 1.54) is 22.8 Å². The first kappa shape index (κ1) is 18.3. The van der Waals surface area contributed by atoms with Crippen LogP contribution in [0.2, 0.25) is 0 Å². The molecular weight excluding hydrogens is 348 g/mol. The second kappa shape index (κ2) is 8.73. The Morgan fingerprint density at radius 1 is 1.28 bits per heavy atom. The maximum Gasteiger partial charge on any atom is 0.355 e. The second-order valence-corrected chi connectivity index (χ2v) is 5.93. The van der Waals surface area contributed by atoms with Crippen LogP contribution in [-0.2, 0) is 11.2 Å². The van der Waals surface area contributed by atoms with Gasteiger partial charge in [-0.2, -0.15) is 0 Å². The number of carboxylic acid groups (broad SMARTS) is 1. The molecule has 0 aliphatic rings. The van der Waals surface area contributed by atoms with E-state index in [0.29, 0.717) is 23.7 Å². The highest BCUT2D eigenvalue weighted by Crippen LogP contribution is 2.22. The normalized spacial score (nSPS) is 10.2. The number of anilines is 1. The standard InChI is InChI=1S/C15H16N4O5S/c20-13(17-8-6-14-18-11(9-25-14)15(21)22)5-7-16-10-3-1-2-4-12(10)19(23)24/h1-4,9,16H,5-8H2,(H,17,20)(H,21,22). The Kier molecular flexibility index (Phi) is 6.40. The highest BCUT2D eigenvalue weighted by molar-refractivity contribution is 7.09. The molecule has 0 atom stereocenters. The maximum atomic E-state index is 11.8. The number of hydrogen-bond donors (Lipinski definition) is 3. The van der Waals surface area contributed by atoms with E-state index in [4.69, 9.17) is 5.11 Å². The number of carbonyl (C=O) groups excluding carboxylic acids is 1. The Morgan fingerprint density at radius 2 is 2.04 bits per heavy atom. The van der Waals surface area contributed by atoms with Gasteiger partial charge in [0.15, 0.2) is 5.69 Å². The average Bonchev–Trinajstić information content (AvgIpc) is 3.04. The number of nitrogens with zero attached hydrogens (tertiary/aromatic N) is 2. The number of rotatable bonds is 9.